The van der Waals surface area contributed by atoms with Crippen LogP contribution in [0.25, 0.3) is 0 Å². The van der Waals surface area contributed by atoms with Crippen molar-refractivity contribution >= 4 is 5.91 Å². The fourth-order valence-electron chi connectivity index (χ4n) is 3.70. The van der Waals surface area contributed by atoms with Gasteiger partial charge in [0, 0.05) is 30.1 Å². The van der Waals surface area contributed by atoms with Gasteiger partial charge in [0.1, 0.15) is 12.4 Å². The highest BCUT2D eigenvalue weighted by Crippen LogP contribution is 2.33. The molecule has 0 spiro atoms. The van der Waals surface area contributed by atoms with Crippen molar-refractivity contribution < 1.29 is 27.8 Å². The number of ether oxygens (including phenoxy) is 1. The topological polar surface area (TPSA) is 62.7 Å². The molecule has 1 aromatic heterocycles. The van der Waals surface area contributed by atoms with Crippen LogP contribution in [0.1, 0.15) is 39.9 Å². The lowest BCUT2D eigenvalue weighted by molar-refractivity contribution is -0.216. The van der Waals surface area contributed by atoms with Gasteiger partial charge in [-0.25, -0.2) is 0 Å². The van der Waals surface area contributed by atoms with E-state index in [4.69, 9.17) is 4.74 Å². The molecule has 2 aromatic rings. The zero-order chi connectivity index (χ0) is 21.2. The van der Waals surface area contributed by atoms with Crippen molar-refractivity contribution in [2.75, 3.05) is 6.54 Å². The van der Waals surface area contributed by atoms with E-state index >= 15 is 0 Å². The molecule has 1 aliphatic heterocycles. The summed E-state index contributed by atoms with van der Waals surface area (Å²) in [5, 5.41) is 9.64. The van der Waals surface area contributed by atoms with Crippen LogP contribution < -0.4 is 4.74 Å². The summed E-state index contributed by atoms with van der Waals surface area (Å²) >= 11 is 0. The van der Waals surface area contributed by atoms with Gasteiger partial charge in [-0.15, -0.1) is 0 Å². The molecule has 2 atom stereocenters. The molecule has 3 rings (SSSR count). The molecular weight excluding hydrogens is 385 g/mol. The SMILES string of the molecule is Cc1cc(C(=O)N2CCCC2C(O)C(F)(F)F)cc(C)c1OCc1cccnc1. The van der Waals surface area contributed by atoms with E-state index in [0.717, 1.165) is 10.5 Å². The number of nitrogens with zero attached hydrogens (tertiary/aromatic N) is 2. The van der Waals surface area contributed by atoms with Gasteiger partial charge in [0.25, 0.3) is 5.91 Å². The summed E-state index contributed by atoms with van der Waals surface area (Å²) in [6, 6.07) is 5.66. The Balaban J connectivity index is 1.78. The molecule has 0 saturated carbocycles. The fourth-order valence-corrected chi connectivity index (χ4v) is 3.70. The fraction of sp³-hybridized carbons (Fsp3) is 0.429. The van der Waals surface area contributed by atoms with Gasteiger partial charge in [0.05, 0.1) is 6.04 Å². The van der Waals surface area contributed by atoms with Crippen molar-refractivity contribution in [3.63, 3.8) is 0 Å². The maximum absolute atomic E-state index is 12.9. The number of hydrogen-bond donors (Lipinski definition) is 1. The summed E-state index contributed by atoms with van der Waals surface area (Å²) in [6.45, 7) is 4.07. The van der Waals surface area contributed by atoms with E-state index in [-0.39, 0.29) is 18.5 Å². The number of carbonyl (C=O) groups excluding carboxylic acids is 1. The number of rotatable bonds is 5. The Hall–Kier alpha value is -2.61. The summed E-state index contributed by atoms with van der Waals surface area (Å²) < 4.78 is 44.7. The minimum atomic E-state index is -4.76. The van der Waals surface area contributed by atoms with Gasteiger partial charge < -0.3 is 14.7 Å². The Morgan fingerprint density at radius 1 is 1.34 bits per heavy atom. The van der Waals surface area contributed by atoms with Crippen molar-refractivity contribution in [3.8, 4) is 5.75 Å². The van der Waals surface area contributed by atoms with Crippen LogP contribution >= 0.6 is 0 Å². The number of amides is 1. The third-order valence-corrected chi connectivity index (χ3v) is 5.07. The second-order valence-corrected chi connectivity index (χ2v) is 7.28. The summed E-state index contributed by atoms with van der Waals surface area (Å²) in [6.07, 6.45) is -3.39. The summed E-state index contributed by atoms with van der Waals surface area (Å²) in [5.41, 5.74) is 2.61. The molecule has 0 aliphatic carbocycles. The number of hydrogen-bond acceptors (Lipinski definition) is 4. The highest BCUT2D eigenvalue weighted by Gasteiger charge is 2.48. The molecule has 2 unspecified atom stereocenters. The summed E-state index contributed by atoms with van der Waals surface area (Å²) in [5.74, 6) is 0.111. The van der Waals surface area contributed by atoms with Crippen LogP contribution in [0.2, 0.25) is 0 Å². The van der Waals surface area contributed by atoms with Crippen LogP contribution in [0, 0.1) is 13.8 Å². The molecule has 8 heteroatoms. The van der Waals surface area contributed by atoms with Gasteiger partial charge in [0.15, 0.2) is 6.10 Å². The molecule has 1 amide bonds. The monoisotopic (exact) mass is 408 g/mol. The van der Waals surface area contributed by atoms with E-state index in [0.29, 0.717) is 29.9 Å². The van der Waals surface area contributed by atoms with E-state index in [2.05, 4.69) is 4.98 Å². The van der Waals surface area contributed by atoms with E-state index in [1.54, 1.807) is 38.4 Å². The smallest absolute Gasteiger partial charge is 0.416 e. The van der Waals surface area contributed by atoms with E-state index in [9.17, 15) is 23.1 Å². The van der Waals surface area contributed by atoms with Crippen molar-refractivity contribution in [3.05, 3.63) is 58.9 Å². The molecular formula is C21H23F3N2O3. The molecule has 156 valence electrons. The van der Waals surface area contributed by atoms with E-state index < -0.39 is 24.2 Å². The molecule has 1 N–H and O–H groups in total. The minimum absolute atomic E-state index is 0.122. The van der Waals surface area contributed by atoms with Crippen molar-refractivity contribution in [2.24, 2.45) is 0 Å². The first-order valence-electron chi connectivity index (χ1n) is 9.37. The third kappa shape index (κ3) is 4.70. The maximum Gasteiger partial charge on any atom is 0.416 e. The minimum Gasteiger partial charge on any atom is -0.488 e. The second-order valence-electron chi connectivity index (χ2n) is 7.28. The molecule has 1 aromatic carbocycles. The number of alkyl halides is 3. The summed E-state index contributed by atoms with van der Waals surface area (Å²) in [7, 11) is 0. The van der Waals surface area contributed by atoms with Crippen LogP contribution in [-0.2, 0) is 6.61 Å². The number of aromatic nitrogens is 1. The highest BCUT2D eigenvalue weighted by molar-refractivity contribution is 5.95. The molecule has 0 bridgehead atoms. The second kappa shape index (κ2) is 8.41. The molecule has 29 heavy (non-hydrogen) atoms. The molecule has 1 fully saturated rings. The predicted octanol–water partition coefficient (Wildman–Crippen LogP) is 3.81. The van der Waals surface area contributed by atoms with Crippen molar-refractivity contribution in [1.29, 1.82) is 0 Å². The lowest BCUT2D eigenvalue weighted by Gasteiger charge is -2.30. The molecule has 5 nitrogen and oxygen atoms in total. The van der Waals surface area contributed by atoms with Crippen molar-refractivity contribution in [2.45, 2.75) is 51.6 Å². The van der Waals surface area contributed by atoms with Gasteiger partial charge in [-0.05, 0) is 56.0 Å². The van der Waals surface area contributed by atoms with Gasteiger partial charge >= 0.3 is 6.18 Å². The number of aliphatic hydroxyl groups is 1. The number of aryl methyl sites for hydroxylation is 2. The van der Waals surface area contributed by atoms with E-state index in [1.807, 2.05) is 12.1 Å². The predicted molar refractivity (Wildman–Crippen MR) is 101 cm³/mol. The maximum atomic E-state index is 12.9. The standard InChI is InChI=1S/C21H23F3N2O3/c1-13-9-16(10-14(2)18(13)29-12-15-5-3-7-25-11-15)20(28)26-8-4-6-17(26)19(27)21(22,23)24/h3,5,7,9-11,17,19,27H,4,6,8,12H2,1-2H3. The van der Waals surface area contributed by atoms with Gasteiger partial charge in [-0.2, -0.15) is 13.2 Å². The van der Waals surface area contributed by atoms with Crippen LogP contribution in [0.5, 0.6) is 5.75 Å². The van der Waals surface area contributed by atoms with Crippen molar-refractivity contribution in [1.82, 2.24) is 9.88 Å². The van der Waals surface area contributed by atoms with Crippen LogP contribution in [0.4, 0.5) is 13.2 Å². The molecule has 1 saturated heterocycles. The number of likely N-dealkylation sites (tertiary alicyclic amines) is 1. The van der Waals surface area contributed by atoms with Gasteiger partial charge in [0.2, 0.25) is 0 Å². The first kappa shape index (κ1) is 21.1. The molecule has 1 aliphatic rings. The number of halogens is 3. The zero-order valence-corrected chi connectivity index (χ0v) is 16.2. The number of pyridine rings is 1. The van der Waals surface area contributed by atoms with Crippen LogP contribution in [-0.4, -0.2) is 45.8 Å². The lowest BCUT2D eigenvalue weighted by Crippen LogP contribution is -2.49. The van der Waals surface area contributed by atoms with Gasteiger partial charge in [-0.1, -0.05) is 6.07 Å². The lowest BCUT2D eigenvalue weighted by atomic mass is 10.0. The Labute approximate surface area is 167 Å². The van der Waals surface area contributed by atoms with Gasteiger partial charge in [-0.3, -0.25) is 9.78 Å². The largest absolute Gasteiger partial charge is 0.488 e. The quantitative estimate of drug-likeness (QED) is 0.818. The number of benzene rings is 1. The Kier molecular flexibility index (Phi) is 6.12. The summed E-state index contributed by atoms with van der Waals surface area (Å²) in [4.78, 5) is 18.0. The van der Waals surface area contributed by atoms with Crippen LogP contribution in [0.3, 0.4) is 0 Å². The van der Waals surface area contributed by atoms with Crippen LogP contribution in [0.15, 0.2) is 36.7 Å². The first-order chi connectivity index (χ1) is 13.7. The molecule has 2 heterocycles. The Bertz CT molecular complexity index is 848. The highest BCUT2D eigenvalue weighted by atomic mass is 19.4. The number of carbonyl (C=O) groups is 1. The average Bonchev–Trinajstić information content (AvgIpc) is 3.15. The van der Waals surface area contributed by atoms with E-state index in [1.165, 1.54) is 0 Å². The zero-order valence-electron chi connectivity index (χ0n) is 16.2. The third-order valence-electron chi connectivity index (χ3n) is 5.07. The average molecular weight is 408 g/mol. The number of aliphatic hydroxyl groups excluding tert-OH is 1. The first-order valence-corrected chi connectivity index (χ1v) is 9.37. The normalized spacial score (nSPS) is 18.0. The Morgan fingerprint density at radius 2 is 2.03 bits per heavy atom. The Morgan fingerprint density at radius 3 is 2.62 bits per heavy atom. The molecule has 0 radical (unpaired) electrons.